The first-order valence-corrected chi connectivity index (χ1v) is 8.64. The fourth-order valence-corrected chi connectivity index (χ4v) is 4.22. The van der Waals surface area contributed by atoms with Crippen molar-refractivity contribution in [1.29, 1.82) is 0 Å². The zero-order valence-corrected chi connectivity index (χ0v) is 14.5. The second-order valence-corrected chi connectivity index (χ2v) is 7.49. The Hall–Kier alpha value is -1.53. The minimum absolute atomic E-state index is 0.232. The Morgan fingerprint density at radius 3 is 2.43 bits per heavy atom. The molecule has 2 aromatic rings. The van der Waals surface area contributed by atoms with Crippen LogP contribution in [0.3, 0.4) is 0 Å². The van der Waals surface area contributed by atoms with Crippen molar-refractivity contribution in [3.63, 3.8) is 0 Å². The molecule has 0 heterocycles. The zero-order chi connectivity index (χ0) is 15.8. The van der Waals surface area contributed by atoms with Gasteiger partial charge < -0.3 is 5.73 Å². The molecule has 0 unspecified atom stereocenters. The summed E-state index contributed by atoms with van der Waals surface area (Å²) in [7, 11) is -3.70. The second-order valence-electron chi connectivity index (χ2n) is 5.01. The van der Waals surface area contributed by atoms with Gasteiger partial charge in [-0.2, -0.15) is 0 Å². The average molecular weight is 369 g/mol. The van der Waals surface area contributed by atoms with E-state index < -0.39 is 10.0 Å². The number of sulfonamides is 1. The molecular weight excluding hydrogens is 352 g/mol. The molecule has 0 aliphatic heterocycles. The van der Waals surface area contributed by atoms with E-state index in [-0.39, 0.29) is 4.90 Å². The summed E-state index contributed by atoms with van der Waals surface area (Å²) in [4.78, 5) is 0.232. The first kappa shape index (κ1) is 15.9. The van der Waals surface area contributed by atoms with Crippen LogP contribution in [0.25, 0.3) is 0 Å². The third kappa shape index (κ3) is 3.22. The van der Waals surface area contributed by atoms with Crippen molar-refractivity contribution in [1.82, 2.24) is 0 Å². The van der Waals surface area contributed by atoms with Crippen LogP contribution in [0.1, 0.15) is 16.7 Å². The molecule has 6 heteroatoms. The third-order valence-corrected chi connectivity index (χ3v) is 5.63. The van der Waals surface area contributed by atoms with Crippen LogP contribution in [0.15, 0.2) is 39.7 Å². The van der Waals surface area contributed by atoms with Crippen molar-refractivity contribution >= 4 is 37.3 Å². The van der Waals surface area contributed by atoms with Crippen LogP contribution in [0.5, 0.6) is 0 Å². The van der Waals surface area contributed by atoms with Gasteiger partial charge in [0.15, 0.2) is 0 Å². The molecule has 0 saturated carbocycles. The van der Waals surface area contributed by atoms with E-state index in [1.807, 2.05) is 19.1 Å². The number of hydrogen-bond donors (Lipinski definition) is 2. The minimum atomic E-state index is -3.70. The fourth-order valence-electron chi connectivity index (χ4n) is 2.17. The van der Waals surface area contributed by atoms with E-state index in [2.05, 4.69) is 20.7 Å². The number of aryl methyl sites for hydroxylation is 2. The quantitative estimate of drug-likeness (QED) is 0.810. The van der Waals surface area contributed by atoms with Gasteiger partial charge in [-0.15, -0.1) is 0 Å². The van der Waals surface area contributed by atoms with Crippen LogP contribution in [-0.4, -0.2) is 8.42 Å². The lowest BCUT2D eigenvalue weighted by Gasteiger charge is -2.15. The molecule has 2 rings (SSSR count). The summed E-state index contributed by atoms with van der Waals surface area (Å²) in [6.45, 7) is 5.37. The van der Waals surface area contributed by atoms with Crippen molar-refractivity contribution in [2.75, 3.05) is 10.5 Å². The number of nitrogens with two attached hydrogens (primary N) is 1. The largest absolute Gasteiger partial charge is 0.398 e. The molecule has 0 fully saturated rings. The molecule has 0 radical (unpaired) electrons. The Labute approximate surface area is 133 Å². The van der Waals surface area contributed by atoms with E-state index in [4.69, 9.17) is 5.73 Å². The standard InChI is InChI=1S/C15H17BrN2O2S/c1-9-4-6-12(16)14(8-9)18-21(19,20)15-10(2)5-7-13(17)11(15)3/h4-8,18H,17H2,1-3H3. The molecule has 0 spiro atoms. The zero-order valence-electron chi connectivity index (χ0n) is 12.1. The summed E-state index contributed by atoms with van der Waals surface area (Å²) in [6.07, 6.45) is 0. The molecule has 0 saturated heterocycles. The van der Waals surface area contributed by atoms with Crippen LogP contribution in [-0.2, 0) is 10.0 Å². The van der Waals surface area contributed by atoms with E-state index in [9.17, 15) is 8.42 Å². The lowest BCUT2D eigenvalue weighted by molar-refractivity contribution is 0.600. The van der Waals surface area contributed by atoms with Gasteiger partial charge in [-0.1, -0.05) is 12.1 Å². The van der Waals surface area contributed by atoms with Gasteiger partial charge in [0.05, 0.1) is 10.6 Å². The number of benzene rings is 2. The number of anilines is 2. The molecule has 0 aliphatic carbocycles. The molecule has 0 aliphatic rings. The SMILES string of the molecule is Cc1ccc(Br)c(NS(=O)(=O)c2c(C)ccc(N)c2C)c1. The highest BCUT2D eigenvalue weighted by Gasteiger charge is 2.21. The van der Waals surface area contributed by atoms with E-state index in [0.717, 1.165) is 5.56 Å². The molecule has 21 heavy (non-hydrogen) atoms. The van der Waals surface area contributed by atoms with Gasteiger partial charge in [-0.25, -0.2) is 8.42 Å². The van der Waals surface area contributed by atoms with Crippen molar-refractivity contribution < 1.29 is 8.42 Å². The maximum Gasteiger partial charge on any atom is 0.262 e. The normalized spacial score (nSPS) is 11.4. The Balaban J connectivity index is 2.54. The molecular formula is C15H17BrN2O2S. The predicted octanol–water partition coefficient (Wildman–Crippen LogP) is 3.76. The topological polar surface area (TPSA) is 72.2 Å². The molecule has 0 atom stereocenters. The summed E-state index contributed by atoms with van der Waals surface area (Å²) < 4.78 is 28.7. The van der Waals surface area contributed by atoms with E-state index in [1.165, 1.54) is 0 Å². The average Bonchev–Trinajstić information content (AvgIpc) is 2.38. The van der Waals surface area contributed by atoms with Crippen molar-refractivity contribution in [3.05, 3.63) is 51.5 Å². The first-order chi connectivity index (χ1) is 9.72. The van der Waals surface area contributed by atoms with Crippen LogP contribution < -0.4 is 10.5 Å². The summed E-state index contributed by atoms with van der Waals surface area (Å²) >= 11 is 3.36. The van der Waals surface area contributed by atoms with Gasteiger partial charge in [0.25, 0.3) is 10.0 Å². The van der Waals surface area contributed by atoms with Gasteiger partial charge in [0, 0.05) is 10.2 Å². The maximum absolute atomic E-state index is 12.7. The number of hydrogen-bond acceptors (Lipinski definition) is 3. The maximum atomic E-state index is 12.7. The summed E-state index contributed by atoms with van der Waals surface area (Å²) in [6, 6.07) is 8.91. The smallest absolute Gasteiger partial charge is 0.262 e. The molecule has 4 nitrogen and oxygen atoms in total. The van der Waals surface area contributed by atoms with Crippen LogP contribution in [0, 0.1) is 20.8 Å². The monoisotopic (exact) mass is 368 g/mol. The number of halogens is 1. The predicted molar refractivity (Wildman–Crippen MR) is 90.0 cm³/mol. The molecule has 0 aromatic heterocycles. The molecule has 2 aromatic carbocycles. The van der Waals surface area contributed by atoms with E-state index in [0.29, 0.717) is 27.0 Å². The molecule has 3 N–H and O–H groups in total. The van der Waals surface area contributed by atoms with Crippen molar-refractivity contribution in [2.24, 2.45) is 0 Å². The highest BCUT2D eigenvalue weighted by atomic mass is 79.9. The van der Waals surface area contributed by atoms with E-state index in [1.54, 1.807) is 32.0 Å². The highest BCUT2D eigenvalue weighted by molar-refractivity contribution is 9.10. The minimum Gasteiger partial charge on any atom is -0.398 e. The lowest BCUT2D eigenvalue weighted by Crippen LogP contribution is -2.17. The number of nitrogens with one attached hydrogen (secondary N) is 1. The molecule has 0 bridgehead atoms. The highest BCUT2D eigenvalue weighted by Crippen LogP contribution is 2.30. The van der Waals surface area contributed by atoms with Gasteiger partial charge in [-0.3, -0.25) is 4.72 Å². The number of rotatable bonds is 3. The van der Waals surface area contributed by atoms with Crippen LogP contribution in [0.4, 0.5) is 11.4 Å². The lowest BCUT2D eigenvalue weighted by atomic mass is 10.1. The Morgan fingerprint density at radius 1 is 1.10 bits per heavy atom. The number of nitrogen functional groups attached to an aromatic ring is 1. The van der Waals surface area contributed by atoms with Gasteiger partial charge in [0.1, 0.15) is 0 Å². The van der Waals surface area contributed by atoms with Gasteiger partial charge >= 0.3 is 0 Å². The Kier molecular flexibility index (Phi) is 4.30. The van der Waals surface area contributed by atoms with Gasteiger partial charge in [0.2, 0.25) is 0 Å². The third-order valence-electron chi connectivity index (χ3n) is 3.28. The second kappa shape index (κ2) is 5.69. The fraction of sp³-hybridized carbons (Fsp3) is 0.200. The van der Waals surface area contributed by atoms with Gasteiger partial charge in [-0.05, 0) is 71.6 Å². The first-order valence-electron chi connectivity index (χ1n) is 6.37. The van der Waals surface area contributed by atoms with Crippen LogP contribution in [0.2, 0.25) is 0 Å². The summed E-state index contributed by atoms with van der Waals surface area (Å²) in [5.74, 6) is 0. The summed E-state index contributed by atoms with van der Waals surface area (Å²) in [5.41, 5.74) is 9.00. The Morgan fingerprint density at radius 2 is 1.76 bits per heavy atom. The Bertz CT molecular complexity index is 802. The van der Waals surface area contributed by atoms with E-state index >= 15 is 0 Å². The van der Waals surface area contributed by atoms with Crippen molar-refractivity contribution in [3.8, 4) is 0 Å². The van der Waals surface area contributed by atoms with Crippen molar-refractivity contribution in [2.45, 2.75) is 25.7 Å². The van der Waals surface area contributed by atoms with Crippen LogP contribution >= 0.6 is 15.9 Å². The molecule has 0 amide bonds. The summed E-state index contributed by atoms with van der Waals surface area (Å²) in [5, 5.41) is 0. The molecule has 112 valence electrons.